The molecule has 1 aliphatic rings. The molecule has 0 atom stereocenters. The van der Waals surface area contributed by atoms with Crippen molar-refractivity contribution in [1.29, 1.82) is 0 Å². The highest BCUT2D eigenvalue weighted by Gasteiger charge is 2.24. The molecule has 25 heavy (non-hydrogen) atoms. The maximum Gasteiger partial charge on any atom is 0.307 e. The Bertz CT molecular complexity index is 774. The van der Waals surface area contributed by atoms with Crippen molar-refractivity contribution in [2.75, 3.05) is 0 Å². The lowest BCUT2D eigenvalue weighted by Gasteiger charge is -2.24. The molecule has 3 rings (SSSR count). The van der Waals surface area contributed by atoms with Crippen molar-refractivity contribution in [3.63, 3.8) is 0 Å². The summed E-state index contributed by atoms with van der Waals surface area (Å²) in [5.74, 6) is -1.03. The van der Waals surface area contributed by atoms with E-state index in [1.54, 1.807) is 30.3 Å². The second-order valence-electron chi connectivity index (χ2n) is 6.68. The molecule has 0 aromatic heterocycles. The van der Waals surface area contributed by atoms with E-state index in [4.69, 9.17) is 5.11 Å². The normalized spacial score (nSPS) is 15.0. The zero-order valence-electron chi connectivity index (χ0n) is 14.1. The van der Waals surface area contributed by atoms with Crippen LogP contribution in [0.15, 0.2) is 42.5 Å². The third-order valence-electron chi connectivity index (χ3n) is 4.88. The Kier molecular flexibility index (Phi) is 5.17. The lowest BCUT2D eigenvalue weighted by atomic mass is 9.81. The van der Waals surface area contributed by atoms with Crippen LogP contribution in [0.25, 0.3) is 0 Å². The average Bonchev–Trinajstić information content (AvgIpc) is 2.63. The van der Waals surface area contributed by atoms with Crippen LogP contribution in [0.2, 0.25) is 0 Å². The summed E-state index contributed by atoms with van der Waals surface area (Å²) in [5, 5.41) is 19.9. The molecule has 2 N–H and O–H groups in total. The summed E-state index contributed by atoms with van der Waals surface area (Å²) in [5.41, 5.74) is 1.97. The van der Waals surface area contributed by atoms with E-state index >= 15 is 0 Å². The highest BCUT2D eigenvalue weighted by atomic mass is 16.4. The summed E-state index contributed by atoms with van der Waals surface area (Å²) < 4.78 is 0. The molecule has 0 spiro atoms. The fraction of sp³-hybridized carbons (Fsp3) is 0.333. The Morgan fingerprint density at radius 2 is 1.68 bits per heavy atom. The van der Waals surface area contributed by atoms with Crippen LogP contribution in [-0.4, -0.2) is 22.0 Å². The number of hydrogen-bond donors (Lipinski definition) is 2. The molecule has 0 aliphatic heterocycles. The number of carbonyl (C=O) groups is 2. The van der Waals surface area contributed by atoms with Gasteiger partial charge in [-0.05, 0) is 36.0 Å². The highest BCUT2D eigenvalue weighted by molar-refractivity contribution is 6.11. The standard InChI is InChI=1S/C21H22O4/c22-19(23)13-14-11-17(15-7-3-1-4-8-15)21(25)18(12-14)20(24)16-9-5-2-6-10-16/h2,5-6,9-12,15,25H,1,3-4,7-8,13H2,(H,22,23). The SMILES string of the molecule is O=C(O)Cc1cc(C(=O)c2ccccc2)c(O)c(C2CCCCC2)c1. The number of phenolic OH excluding ortho intramolecular Hbond substituents is 1. The maximum absolute atomic E-state index is 12.8. The molecule has 0 radical (unpaired) electrons. The average molecular weight is 338 g/mol. The summed E-state index contributed by atoms with van der Waals surface area (Å²) in [6.07, 6.45) is 5.13. The van der Waals surface area contributed by atoms with Crippen LogP contribution in [0.4, 0.5) is 0 Å². The van der Waals surface area contributed by atoms with E-state index in [1.807, 2.05) is 6.07 Å². The smallest absolute Gasteiger partial charge is 0.307 e. The molecule has 0 unspecified atom stereocenters. The summed E-state index contributed by atoms with van der Waals surface area (Å²) in [6, 6.07) is 12.1. The van der Waals surface area contributed by atoms with Gasteiger partial charge in [-0.1, -0.05) is 55.7 Å². The van der Waals surface area contributed by atoms with E-state index in [0.717, 1.165) is 31.2 Å². The maximum atomic E-state index is 12.8. The van der Waals surface area contributed by atoms with Gasteiger partial charge in [0, 0.05) is 5.56 Å². The second-order valence-corrected chi connectivity index (χ2v) is 6.68. The molecule has 2 aromatic carbocycles. The zero-order valence-corrected chi connectivity index (χ0v) is 14.1. The monoisotopic (exact) mass is 338 g/mol. The van der Waals surface area contributed by atoms with Crippen LogP contribution >= 0.6 is 0 Å². The fourth-order valence-corrected chi connectivity index (χ4v) is 3.64. The Hall–Kier alpha value is -2.62. The minimum absolute atomic E-state index is 0.00916. The molecule has 1 fully saturated rings. The first-order chi connectivity index (χ1) is 12.1. The summed E-state index contributed by atoms with van der Waals surface area (Å²) in [4.78, 5) is 24.0. The molecule has 1 aliphatic carbocycles. The lowest BCUT2D eigenvalue weighted by Crippen LogP contribution is -2.11. The number of benzene rings is 2. The van der Waals surface area contributed by atoms with Gasteiger partial charge in [-0.25, -0.2) is 0 Å². The van der Waals surface area contributed by atoms with Crippen molar-refractivity contribution in [2.45, 2.75) is 44.4 Å². The second kappa shape index (κ2) is 7.51. The predicted octanol–water partition coefficient (Wildman–Crippen LogP) is 4.30. The molecular formula is C21H22O4. The number of hydrogen-bond acceptors (Lipinski definition) is 3. The molecule has 4 heteroatoms. The van der Waals surface area contributed by atoms with Gasteiger partial charge >= 0.3 is 5.97 Å². The molecule has 0 bridgehead atoms. The van der Waals surface area contributed by atoms with Crippen LogP contribution in [0, 0.1) is 0 Å². The number of aromatic hydroxyl groups is 1. The molecule has 0 heterocycles. The quantitative estimate of drug-likeness (QED) is 0.797. The number of aliphatic carboxylic acids is 1. The molecule has 130 valence electrons. The first-order valence-electron chi connectivity index (χ1n) is 8.73. The van der Waals surface area contributed by atoms with E-state index < -0.39 is 5.97 Å². The lowest BCUT2D eigenvalue weighted by molar-refractivity contribution is -0.136. The van der Waals surface area contributed by atoms with Gasteiger partial charge in [-0.3, -0.25) is 9.59 Å². The third kappa shape index (κ3) is 3.90. The number of rotatable bonds is 5. The Balaban J connectivity index is 2.06. The van der Waals surface area contributed by atoms with E-state index in [1.165, 1.54) is 12.5 Å². The van der Waals surface area contributed by atoms with Crippen molar-refractivity contribution in [1.82, 2.24) is 0 Å². The van der Waals surface area contributed by atoms with Gasteiger partial charge in [-0.2, -0.15) is 0 Å². The van der Waals surface area contributed by atoms with Crippen LogP contribution < -0.4 is 0 Å². The fourth-order valence-electron chi connectivity index (χ4n) is 3.64. The van der Waals surface area contributed by atoms with Gasteiger partial charge in [0.05, 0.1) is 12.0 Å². The molecule has 0 amide bonds. The topological polar surface area (TPSA) is 74.6 Å². The molecule has 2 aromatic rings. The Morgan fingerprint density at radius 3 is 2.32 bits per heavy atom. The third-order valence-corrected chi connectivity index (χ3v) is 4.88. The van der Waals surface area contributed by atoms with E-state index in [9.17, 15) is 14.7 Å². The van der Waals surface area contributed by atoms with Gasteiger partial charge in [0.25, 0.3) is 0 Å². The highest BCUT2D eigenvalue weighted by Crippen LogP contribution is 2.40. The number of carboxylic acids is 1. The van der Waals surface area contributed by atoms with Gasteiger partial charge in [0.2, 0.25) is 0 Å². The molecule has 4 nitrogen and oxygen atoms in total. The number of carboxylic acid groups (broad SMARTS) is 1. The van der Waals surface area contributed by atoms with Gasteiger partial charge in [-0.15, -0.1) is 0 Å². The van der Waals surface area contributed by atoms with E-state index in [0.29, 0.717) is 11.1 Å². The summed E-state index contributed by atoms with van der Waals surface area (Å²) >= 11 is 0. The van der Waals surface area contributed by atoms with Crippen molar-refractivity contribution in [3.8, 4) is 5.75 Å². The number of phenols is 1. The van der Waals surface area contributed by atoms with Crippen molar-refractivity contribution in [2.24, 2.45) is 0 Å². The molecule has 1 saturated carbocycles. The van der Waals surface area contributed by atoms with Gasteiger partial charge < -0.3 is 10.2 Å². The molecule has 0 saturated heterocycles. The first kappa shape index (κ1) is 17.2. The Labute approximate surface area is 147 Å². The molecular weight excluding hydrogens is 316 g/mol. The van der Waals surface area contributed by atoms with E-state index in [-0.39, 0.29) is 29.4 Å². The predicted molar refractivity (Wildman–Crippen MR) is 95.1 cm³/mol. The minimum Gasteiger partial charge on any atom is -0.507 e. The minimum atomic E-state index is -0.946. The zero-order chi connectivity index (χ0) is 17.8. The number of ketones is 1. The van der Waals surface area contributed by atoms with Crippen LogP contribution in [0.3, 0.4) is 0 Å². The van der Waals surface area contributed by atoms with Crippen molar-refractivity contribution in [3.05, 3.63) is 64.7 Å². The largest absolute Gasteiger partial charge is 0.507 e. The van der Waals surface area contributed by atoms with Crippen molar-refractivity contribution < 1.29 is 19.8 Å². The van der Waals surface area contributed by atoms with E-state index in [2.05, 4.69) is 0 Å². The summed E-state index contributed by atoms with van der Waals surface area (Å²) in [6.45, 7) is 0. The van der Waals surface area contributed by atoms with Gasteiger partial charge in [0.15, 0.2) is 5.78 Å². The number of carbonyl (C=O) groups excluding carboxylic acids is 1. The summed E-state index contributed by atoms with van der Waals surface area (Å²) in [7, 11) is 0. The van der Waals surface area contributed by atoms with Crippen LogP contribution in [0.1, 0.15) is 65.1 Å². The van der Waals surface area contributed by atoms with Crippen molar-refractivity contribution >= 4 is 11.8 Å². The van der Waals surface area contributed by atoms with Crippen LogP contribution in [0.5, 0.6) is 5.75 Å². The Morgan fingerprint density at radius 1 is 1.00 bits per heavy atom. The first-order valence-corrected chi connectivity index (χ1v) is 8.73. The van der Waals surface area contributed by atoms with Crippen LogP contribution in [-0.2, 0) is 11.2 Å². The van der Waals surface area contributed by atoms with Gasteiger partial charge in [0.1, 0.15) is 5.75 Å².